The predicted octanol–water partition coefficient (Wildman–Crippen LogP) is 1.87. The summed E-state index contributed by atoms with van der Waals surface area (Å²) >= 11 is 0. The number of nitrogens with one attached hydrogen (secondary N) is 1. The van der Waals surface area contributed by atoms with E-state index in [1.54, 1.807) is 0 Å². The van der Waals surface area contributed by atoms with Crippen LogP contribution in [0.1, 0.15) is 5.56 Å². The standard InChI is InChI=1S/C23H32FN7/c1-25-23(31-15-13-29(14-16-31)21-5-3-20(24)4-6-21)27-18-19-7-8-26-22(17-19)30-11-9-28(2)10-12-30/h3-8,17H,9-16,18H2,1-2H3,(H,25,27). The number of anilines is 2. The molecular formula is C23H32FN7. The van der Waals surface area contributed by atoms with Crippen molar-refractivity contribution in [1.29, 1.82) is 0 Å². The molecule has 0 unspecified atom stereocenters. The Morgan fingerprint density at radius 2 is 1.65 bits per heavy atom. The summed E-state index contributed by atoms with van der Waals surface area (Å²) in [6.45, 7) is 8.40. The molecule has 2 saturated heterocycles. The summed E-state index contributed by atoms with van der Waals surface area (Å²) in [4.78, 5) is 18.3. The van der Waals surface area contributed by atoms with Gasteiger partial charge in [0.05, 0.1) is 0 Å². The van der Waals surface area contributed by atoms with Gasteiger partial charge >= 0.3 is 0 Å². The van der Waals surface area contributed by atoms with E-state index in [0.717, 1.165) is 69.8 Å². The first kappa shape index (κ1) is 21.4. The van der Waals surface area contributed by atoms with Gasteiger partial charge in [-0.1, -0.05) is 0 Å². The molecule has 7 nitrogen and oxygen atoms in total. The minimum absolute atomic E-state index is 0.195. The van der Waals surface area contributed by atoms with E-state index < -0.39 is 0 Å². The number of aliphatic imine (C=N–C) groups is 1. The van der Waals surface area contributed by atoms with Crippen molar-refractivity contribution in [3.05, 3.63) is 54.0 Å². The maximum absolute atomic E-state index is 13.2. The molecule has 0 spiro atoms. The number of aromatic nitrogens is 1. The quantitative estimate of drug-likeness (QED) is 0.596. The fourth-order valence-corrected chi connectivity index (χ4v) is 4.12. The summed E-state index contributed by atoms with van der Waals surface area (Å²) in [6.07, 6.45) is 1.90. The van der Waals surface area contributed by atoms with E-state index in [0.29, 0.717) is 6.54 Å². The van der Waals surface area contributed by atoms with Crippen molar-refractivity contribution in [3.8, 4) is 0 Å². The lowest BCUT2D eigenvalue weighted by Crippen LogP contribution is -2.52. The van der Waals surface area contributed by atoms with Gasteiger partial charge in [-0.3, -0.25) is 4.99 Å². The highest BCUT2D eigenvalue weighted by atomic mass is 19.1. The highest BCUT2D eigenvalue weighted by Crippen LogP contribution is 2.18. The molecule has 0 saturated carbocycles. The Morgan fingerprint density at radius 3 is 2.32 bits per heavy atom. The van der Waals surface area contributed by atoms with Crippen molar-refractivity contribution in [2.45, 2.75) is 6.54 Å². The van der Waals surface area contributed by atoms with Crippen LogP contribution in [0.4, 0.5) is 15.9 Å². The Morgan fingerprint density at radius 1 is 0.968 bits per heavy atom. The summed E-state index contributed by atoms with van der Waals surface area (Å²) in [5.41, 5.74) is 2.27. The summed E-state index contributed by atoms with van der Waals surface area (Å²) < 4.78 is 13.2. The Hall–Kier alpha value is -2.87. The molecule has 1 aromatic heterocycles. The zero-order chi connectivity index (χ0) is 21.6. The minimum atomic E-state index is -0.195. The fourth-order valence-electron chi connectivity index (χ4n) is 4.12. The SMILES string of the molecule is CN=C(NCc1ccnc(N2CCN(C)CC2)c1)N1CCN(c2ccc(F)cc2)CC1. The smallest absolute Gasteiger partial charge is 0.194 e. The third kappa shape index (κ3) is 5.44. The van der Waals surface area contributed by atoms with Gasteiger partial charge in [0, 0.05) is 77.8 Å². The van der Waals surface area contributed by atoms with Gasteiger partial charge in [0.15, 0.2) is 5.96 Å². The number of rotatable bonds is 4. The molecule has 31 heavy (non-hydrogen) atoms. The van der Waals surface area contributed by atoms with E-state index in [2.05, 4.69) is 54.1 Å². The zero-order valence-electron chi connectivity index (χ0n) is 18.5. The van der Waals surface area contributed by atoms with E-state index in [4.69, 9.17) is 0 Å². The number of pyridine rings is 1. The van der Waals surface area contributed by atoms with Gasteiger partial charge in [0.25, 0.3) is 0 Å². The van der Waals surface area contributed by atoms with Crippen LogP contribution in [0.5, 0.6) is 0 Å². The molecule has 8 heteroatoms. The Kier molecular flexibility index (Phi) is 6.86. The van der Waals surface area contributed by atoms with E-state index in [-0.39, 0.29) is 5.82 Å². The van der Waals surface area contributed by atoms with Crippen molar-refractivity contribution in [1.82, 2.24) is 20.1 Å². The van der Waals surface area contributed by atoms with Crippen LogP contribution < -0.4 is 15.1 Å². The number of hydrogen-bond acceptors (Lipinski definition) is 5. The molecule has 2 aliphatic heterocycles. The molecule has 4 rings (SSSR count). The molecule has 0 bridgehead atoms. The molecule has 0 aliphatic carbocycles. The normalized spacial score (nSPS) is 18.4. The summed E-state index contributed by atoms with van der Waals surface area (Å²) in [5.74, 6) is 1.77. The topological polar surface area (TPSA) is 50.2 Å². The number of nitrogens with zero attached hydrogens (tertiary/aromatic N) is 6. The Labute approximate surface area is 184 Å². The van der Waals surface area contributed by atoms with Crippen molar-refractivity contribution in [2.75, 3.05) is 76.3 Å². The lowest BCUT2D eigenvalue weighted by Gasteiger charge is -2.37. The third-order valence-corrected chi connectivity index (χ3v) is 6.07. The predicted molar refractivity (Wildman–Crippen MR) is 124 cm³/mol. The molecule has 2 fully saturated rings. The Balaban J connectivity index is 1.30. The second-order valence-corrected chi connectivity index (χ2v) is 8.16. The number of halogens is 1. The van der Waals surface area contributed by atoms with Crippen LogP contribution in [-0.4, -0.2) is 87.2 Å². The molecule has 1 aromatic carbocycles. The molecule has 1 N–H and O–H groups in total. The third-order valence-electron chi connectivity index (χ3n) is 6.07. The highest BCUT2D eigenvalue weighted by molar-refractivity contribution is 5.80. The minimum Gasteiger partial charge on any atom is -0.368 e. The number of likely N-dealkylation sites (N-methyl/N-ethyl adjacent to an activating group) is 1. The molecule has 0 amide bonds. The molecule has 166 valence electrons. The van der Waals surface area contributed by atoms with Crippen LogP contribution in [0.2, 0.25) is 0 Å². The average Bonchev–Trinajstić information content (AvgIpc) is 2.81. The van der Waals surface area contributed by atoms with Crippen LogP contribution in [0, 0.1) is 5.82 Å². The van der Waals surface area contributed by atoms with Crippen LogP contribution in [0.15, 0.2) is 47.6 Å². The van der Waals surface area contributed by atoms with Gasteiger partial charge in [-0.25, -0.2) is 9.37 Å². The van der Waals surface area contributed by atoms with Crippen molar-refractivity contribution in [3.63, 3.8) is 0 Å². The first-order valence-electron chi connectivity index (χ1n) is 11.0. The monoisotopic (exact) mass is 425 g/mol. The molecule has 2 aromatic rings. The van der Waals surface area contributed by atoms with Crippen molar-refractivity contribution < 1.29 is 4.39 Å². The van der Waals surface area contributed by atoms with Crippen LogP contribution >= 0.6 is 0 Å². The summed E-state index contributed by atoms with van der Waals surface area (Å²) in [6, 6.07) is 11.0. The number of hydrogen-bond donors (Lipinski definition) is 1. The summed E-state index contributed by atoms with van der Waals surface area (Å²) in [7, 11) is 3.99. The van der Waals surface area contributed by atoms with Gasteiger partial charge in [-0.2, -0.15) is 0 Å². The van der Waals surface area contributed by atoms with E-state index in [1.165, 1.54) is 17.7 Å². The van der Waals surface area contributed by atoms with Gasteiger partial charge in [0.2, 0.25) is 0 Å². The van der Waals surface area contributed by atoms with Gasteiger partial charge in [-0.05, 0) is 49.0 Å². The Bertz CT molecular complexity index is 870. The lowest BCUT2D eigenvalue weighted by molar-refractivity contribution is 0.312. The second kappa shape index (κ2) is 9.96. The molecule has 0 radical (unpaired) electrons. The molecule has 0 atom stereocenters. The van der Waals surface area contributed by atoms with E-state index in [9.17, 15) is 4.39 Å². The van der Waals surface area contributed by atoms with Crippen LogP contribution in [0.25, 0.3) is 0 Å². The first-order chi connectivity index (χ1) is 15.1. The van der Waals surface area contributed by atoms with E-state index >= 15 is 0 Å². The van der Waals surface area contributed by atoms with Gasteiger partial charge < -0.3 is 24.9 Å². The average molecular weight is 426 g/mol. The fraction of sp³-hybridized carbons (Fsp3) is 0.478. The lowest BCUT2D eigenvalue weighted by atomic mass is 10.2. The second-order valence-electron chi connectivity index (χ2n) is 8.16. The maximum Gasteiger partial charge on any atom is 0.194 e. The highest BCUT2D eigenvalue weighted by Gasteiger charge is 2.20. The molecular weight excluding hydrogens is 393 g/mol. The largest absolute Gasteiger partial charge is 0.368 e. The van der Waals surface area contributed by atoms with Crippen LogP contribution in [0.3, 0.4) is 0 Å². The van der Waals surface area contributed by atoms with E-state index in [1.807, 2.05) is 25.4 Å². The number of guanidine groups is 1. The molecule has 2 aliphatic rings. The number of benzene rings is 1. The van der Waals surface area contributed by atoms with Crippen LogP contribution in [-0.2, 0) is 6.54 Å². The van der Waals surface area contributed by atoms with Crippen molar-refractivity contribution in [2.24, 2.45) is 4.99 Å². The maximum atomic E-state index is 13.2. The number of piperazine rings is 2. The summed E-state index contributed by atoms with van der Waals surface area (Å²) in [5, 5.41) is 3.51. The van der Waals surface area contributed by atoms with Crippen molar-refractivity contribution >= 4 is 17.5 Å². The zero-order valence-corrected chi connectivity index (χ0v) is 18.5. The van der Waals surface area contributed by atoms with Gasteiger partial charge in [0.1, 0.15) is 11.6 Å². The first-order valence-corrected chi connectivity index (χ1v) is 11.0. The van der Waals surface area contributed by atoms with Gasteiger partial charge in [-0.15, -0.1) is 0 Å². The molecule has 3 heterocycles.